The number of fused-ring (bicyclic) bond motifs is 1. The molecule has 7 heteroatoms. The summed E-state index contributed by atoms with van der Waals surface area (Å²) in [5.41, 5.74) is 2.77. The molecule has 150 valence electrons. The number of rotatable bonds is 6. The quantitative estimate of drug-likeness (QED) is 0.808. The predicted molar refractivity (Wildman–Crippen MR) is 111 cm³/mol. The van der Waals surface area contributed by atoms with Gasteiger partial charge in [0.25, 0.3) is 0 Å². The lowest BCUT2D eigenvalue weighted by molar-refractivity contribution is -0.116. The summed E-state index contributed by atoms with van der Waals surface area (Å²) < 4.78 is 28.5. The van der Waals surface area contributed by atoms with E-state index >= 15 is 0 Å². The summed E-state index contributed by atoms with van der Waals surface area (Å²) >= 11 is 0. The second-order valence-electron chi connectivity index (χ2n) is 7.31. The zero-order valence-corrected chi connectivity index (χ0v) is 17.4. The van der Waals surface area contributed by atoms with E-state index in [1.54, 1.807) is 23.1 Å². The molecule has 0 aromatic heterocycles. The molecule has 1 atom stereocenters. The highest BCUT2D eigenvalue weighted by Gasteiger charge is 2.24. The van der Waals surface area contributed by atoms with Crippen LogP contribution in [-0.2, 0) is 21.2 Å². The molecule has 2 aromatic rings. The van der Waals surface area contributed by atoms with Gasteiger partial charge in [-0.1, -0.05) is 30.3 Å². The minimum atomic E-state index is -3.65. The van der Waals surface area contributed by atoms with Crippen molar-refractivity contribution in [2.24, 2.45) is 0 Å². The van der Waals surface area contributed by atoms with Crippen LogP contribution in [0, 0.1) is 0 Å². The Hall–Kier alpha value is -2.22. The number of nitrogens with zero attached hydrogens (tertiary/aromatic N) is 2. The Balaban J connectivity index is 1.80. The van der Waals surface area contributed by atoms with E-state index in [9.17, 15) is 13.2 Å². The summed E-state index contributed by atoms with van der Waals surface area (Å²) in [4.78, 5) is 15.8. The van der Waals surface area contributed by atoms with E-state index < -0.39 is 10.0 Å². The maximum atomic E-state index is 12.9. The zero-order chi connectivity index (χ0) is 20.3. The van der Waals surface area contributed by atoms with Crippen LogP contribution in [0.2, 0.25) is 0 Å². The molecule has 6 nitrogen and oxygen atoms in total. The van der Waals surface area contributed by atoms with Crippen LogP contribution in [0.25, 0.3) is 0 Å². The fourth-order valence-corrected chi connectivity index (χ4v) is 4.70. The lowest BCUT2D eigenvalue weighted by atomic mass is 10.0. The van der Waals surface area contributed by atoms with Crippen molar-refractivity contribution in [1.82, 2.24) is 9.62 Å². The molecule has 3 rings (SSSR count). The van der Waals surface area contributed by atoms with Crippen LogP contribution in [0.15, 0.2) is 53.4 Å². The number of amides is 1. The second-order valence-corrected chi connectivity index (χ2v) is 9.07. The largest absolute Gasteiger partial charge is 0.312 e. The third-order valence-corrected chi connectivity index (χ3v) is 6.56. The van der Waals surface area contributed by atoms with Gasteiger partial charge in [0, 0.05) is 31.7 Å². The Morgan fingerprint density at radius 2 is 1.89 bits per heavy atom. The Morgan fingerprint density at radius 1 is 1.18 bits per heavy atom. The number of anilines is 1. The predicted octanol–water partition coefficient (Wildman–Crippen LogP) is 2.57. The number of carbonyl (C=O) groups is 1. The lowest BCUT2D eigenvalue weighted by Gasteiger charge is -2.29. The van der Waals surface area contributed by atoms with Gasteiger partial charge in [0.2, 0.25) is 15.9 Å². The molecular weight excluding hydrogens is 374 g/mol. The smallest absolute Gasteiger partial charge is 0.240 e. The molecule has 0 fully saturated rings. The highest BCUT2D eigenvalue weighted by Crippen LogP contribution is 2.29. The van der Waals surface area contributed by atoms with E-state index in [0.717, 1.165) is 29.7 Å². The third-order valence-electron chi connectivity index (χ3n) is 5.13. The summed E-state index contributed by atoms with van der Waals surface area (Å²) in [6.45, 7) is 2.48. The minimum absolute atomic E-state index is 0.0219. The molecule has 28 heavy (non-hydrogen) atoms. The summed E-state index contributed by atoms with van der Waals surface area (Å²) in [5.74, 6) is -0.0219. The Kier molecular flexibility index (Phi) is 6.17. The van der Waals surface area contributed by atoms with Crippen molar-refractivity contribution in [3.63, 3.8) is 0 Å². The van der Waals surface area contributed by atoms with Gasteiger partial charge < -0.3 is 9.80 Å². The van der Waals surface area contributed by atoms with E-state index in [-0.39, 0.29) is 23.4 Å². The molecule has 0 saturated heterocycles. The fourth-order valence-electron chi connectivity index (χ4n) is 3.61. The number of aryl methyl sites for hydroxylation is 1. The summed E-state index contributed by atoms with van der Waals surface area (Å²) in [5, 5.41) is 0. The normalized spacial score (nSPS) is 15.4. The second kappa shape index (κ2) is 8.43. The van der Waals surface area contributed by atoms with E-state index in [4.69, 9.17) is 0 Å². The molecule has 1 aliphatic heterocycles. The van der Waals surface area contributed by atoms with Crippen LogP contribution in [0.5, 0.6) is 0 Å². The van der Waals surface area contributed by atoms with Crippen molar-refractivity contribution in [2.75, 3.05) is 32.1 Å². The summed E-state index contributed by atoms with van der Waals surface area (Å²) in [7, 11) is 0.215. The first-order chi connectivity index (χ1) is 13.3. The average Bonchev–Trinajstić information content (AvgIpc) is 2.67. The van der Waals surface area contributed by atoms with Gasteiger partial charge in [0.05, 0.1) is 4.90 Å². The molecular formula is C21H27N3O3S. The first-order valence-corrected chi connectivity index (χ1v) is 10.9. The van der Waals surface area contributed by atoms with Crippen LogP contribution in [0.3, 0.4) is 0 Å². The number of nitrogens with one attached hydrogen (secondary N) is 1. The number of hydrogen-bond donors (Lipinski definition) is 1. The third kappa shape index (κ3) is 4.43. The van der Waals surface area contributed by atoms with Crippen LogP contribution in [0.4, 0.5) is 5.69 Å². The van der Waals surface area contributed by atoms with E-state index in [0.29, 0.717) is 6.54 Å². The molecule has 1 aliphatic rings. The van der Waals surface area contributed by atoms with Gasteiger partial charge in [-0.05, 0) is 56.3 Å². The highest BCUT2D eigenvalue weighted by molar-refractivity contribution is 7.89. The van der Waals surface area contributed by atoms with Crippen molar-refractivity contribution in [3.8, 4) is 0 Å². The maximum absolute atomic E-state index is 12.9. The number of likely N-dealkylation sites (N-methyl/N-ethyl adjacent to an activating group) is 1. The lowest BCUT2D eigenvalue weighted by Crippen LogP contribution is -2.35. The zero-order valence-electron chi connectivity index (χ0n) is 16.6. The molecule has 1 amide bonds. The van der Waals surface area contributed by atoms with Crippen LogP contribution >= 0.6 is 0 Å². The fraction of sp³-hybridized carbons (Fsp3) is 0.381. The Labute approximate surface area is 167 Å². The SMILES string of the molecule is CC(=O)N1CCCc2cc(S(=O)(=O)NCC(c3ccccc3)N(C)C)ccc21. The standard InChI is InChI=1S/C21H27N3O3S/c1-16(25)24-13-7-10-18-14-19(11-12-20(18)24)28(26,27)22-15-21(23(2)3)17-8-5-4-6-9-17/h4-6,8-9,11-12,14,21-22H,7,10,13,15H2,1-3H3. The van der Waals surface area contributed by atoms with Gasteiger partial charge >= 0.3 is 0 Å². The van der Waals surface area contributed by atoms with Gasteiger partial charge in [-0.15, -0.1) is 0 Å². The minimum Gasteiger partial charge on any atom is -0.312 e. The van der Waals surface area contributed by atoms with Gasteiger partial charge in [0.15, 0.2) is 0 Å². The number of benzene rings is 2. The van der Waals surface area contributed by atoms with Crippen molar-refractivity contribution in [2.45, 2.75) is 30.7 Å². The molecule has 0 aliphatic carbocycles. The summed E-state index contributed by atoms with van der Waals surface area (Å²) in [6, 6.07) is 14.8. The van der Waals surface area contributed by atoms with Gasteiger partial charge in [-0.2, -0.15) is 0 Å². The number of sulfonamides is 1. The maximum Gasteiger partial charge on any atom is 0.240 e. The molecule has 0 bridgehead atoms. The first-order valence-electron chi connectivity index (χ1n) is 9.41. The molecule has 1 unspecified atom stereocenters. The molecule has 1 N–H and O–H groups in total. The monoisotopic (exact) mass is 401 g/mol. The number of carbonyl (C=O) groups excluding carboxylic acids is 1. The Morgan fingerprint density at radius 3 is 2.54 bits per heavy atom. The topological polar surface area (TPSA) is 69.7 Å². The molecule has 2 aromatic carbocycles. The highest BCUT2D eigenvalue weighted by atomic mass is 32.2. The average molecular weight is 402 g/mol. The number of hydrogen-bond acceptors (Lipinski definition) is 4. The van der Waals surface area contributed by atoms with Crippen molar-refractivity contribution in [3.05, 3.63) is 59.7 Å². The first kappa shape index (κ1) is 20.5. The summed E-state index contributed by atoms with van der Waals surface area (Å²) in [6.07, 6.45) is 1.60. The van der Waals surface area contributed by atoms with Gasteiger partial charge in [-0.3, -0.25) is 4.79 Å². The van der Waals surface area contributed by atoms with Crippen LogP contribution in [0.1, 0.15) is 30.5 Å². The van der Waals surface area contributed by atoms with Crippen molar-refractivity contribution >= 4 is 21.6 Å². The van der Waals surface area contributed by atoms with E-state index in [1.165, 1.54) is 6.92 Å². The van der Waals surface area contributed by atoms with E-state index in [2.05, 4.69) is 4.72 Å². The van der Waals surface area contributed by atoms with Crippen molar-refractivity contribution in [1.29, 1.82) is 0 Å². The molecule has 1 heterocycles. The van der Waals surface area contributed by atoms with Crippen molar-refractivity contribution < 1.29 is 13.2 Å². The molecule has 0 saturated carbocycles. The van der Waals surface area contributed by atoms with Gasteiger partial charge in [-0.25, -0.2) is 13.1 Å². The molecule has 0 spiro atoms. The molecule has 0 radical (unpaired) electrons. The van der Waals surface area contributed by atoms with Crippen LogP contribution < -0.4 is 9.62 Å². The van der Waals surface area contributed by atoms with Crippen LogP contribution in [-0.4, -0.2) is 46.4 Å². The van der Waals surface area contributed by atoms with Gasteiger partial charge in [0.1, 0.15) is 0 Å². The Bertz CT molecular complexity index is 943. The van der Waals surface area contributed by atoms with E-state index in [1.807, 2.05) is 49.3 Å².